The van der Waals surface area contributed by atoms with Crippen LogP contribution in [0.1, 0.15) is 5.56 Å². The molecule has 0 aliphatic heterocycles. The minimum absolute atomic E-state index is 0.270. The van der Waals surface area contributed by atoms with Crippen molar-refractivity contribution < 1.29 is 9.47 Å². The Morgan fingerprint density at radius 3 is 2.67 bits per heavy atom. The number of nitrogens with two attached hydrogens (primary N) is 1. The highest BCUT2D eigenvalue weighted by molar-refractivity contribution is 9.10. The number of anilines is 1. The van der Waals surface area contributed by atoms with E-state index in [4.69, 9.17) is 15.2 Å². The molecule has 0 aliphatic rings. The van der Waals surface area contributed by atoms with E-state index in [1.807, 2.05) is 24.3 Å². The van der Waals surface area contributed by atoms with Gasteiger partial charge in [0, 0.05) is 0 Å². The van der Waals surface area contributed by atoms with Gasteiger partial charge in [-0.3, -0.25) is 0 Å². The Morgan fingerprint density at radius 1 is 1.28 bits per heavy atom. The molecule has 0 unspecified atom stereocenters. The van der Waals surface area contributed by atoms with Crippen molar-refractivity contribution in [2.75, 3.05) is 12.8 Å². The van der Waals surface area contributed by atoms with Gasteiger partial charge in [-0.05, 0) is 33.6 Å². The molecule has 0 aliphatic carbocycles. The van der Waals surface area contributed by atoms with E-state index >= 15 is 0 Å². The first-order valence-electron chi connectivity index (χ1n) is 5.23. The summed E-state index contributed by atoms with van der Waals surface area (Å²) in [6.07, 6.45) is 1.52. The summed E-state index contributed by atoms with van der Waals surface area (Å²) in [6, 6.07) is 7.57. The Balaban J connectivity index is 2.04. The van der Waals surface area contributed by atoms with Crippen LogP contribution in [0.3, 0.4) is 0 Å². The molecule has 94 valence electrons. The Morgan fingerprint density at radius 2 is 2.00 bits per heavy atom. The van der Waals surface area contributed by atoms with Gasteiger partial charge in [0.05, 0.1) is 13.3 Å². The van der Waals surface area contributed by atoms with Gasteiger partial charge in [0.2, 0.25) is 0 Å². The molecule has 1 heterocycles. The lowest BCUT2D eigenvalue weighted by Crippen LogP contribution is -2.02. The van der Waals surface area contributed by atoms with Gasteiger partial charge < -0.3 is 15.2 Å². The maximum atomic E-state index is 5.66. The van der Waals surface area contributed by atoms with Crippen LogP contribution in [-0.2, 0) is 6.61 Å². The molecule has 2 aromatic rings. The predicted molar refractivity (Wildman–Crippen MR) is 71.5 cm³/mol. The fraction of sp³-hybridized carbons (Fsp3) is 0.167. The average molecular weight is 310 g/mol. The lowest BCUT2D eigenvalue weighted by atomic mass is 10.2. The minimum Gasteiger partial charge on any atom is -0.497 e. The predicted octanol–water partition coefficient (Wildman–Crippen LogP) is 2.41. The van der Waals surface area contributed by atoms with Crippen molar-refractivity contribution in [3.8, 4) is 11.6 Å². The first-order valence-corrected chi connectivity index (χ1v) is 6.02. The molecule has 0 radical (unpaired) electrons. The number of nitrogen functional groups attached to an aromatic ring is 1. The summed E-state index contributed by atoms with van der Waals surface area (Å²) in [6.45, 7) is 0.374. The zero-order valence-electron chi connectivity index (χ0n) is 9.76. The summed E-state index contributed by atoms with van der Waals surface area (Å²) in [5, 5.41) is 0. The van der Waals surface area contributed by atoms with Crippen molar-refractivity contribution >= 4 is 21.7 Å². The molecule has 0 saturated heterocycles. The fourth-order valence-electron chi connectivity index (χ4n) is 1.34. The SMILES string of the molecule is COc1ccc(COc2nc(Br)cnc2N)cc1. The zero-order valence-corrected chi connectivity index (χ0v) is 11.3. The third-order valence-corrected chi connectivity index (χ3v) is 2.65. The van der Waals surface area contributed by atoms with Crippen LogP contribution < -0.4 is 15.2 Å². The molecule has 0 bridgehead atoms. The summed E-state index contributed by atoms with van der Waals surface area (Å²) < 4.78 is 11.2. The highest BCUT2D eigenvalue weighted by Gasteiger charge is 2.05. The molecular weight excluding hydrogens is 298 g/mol. The number of ether oxygens (including phenoxy) is 2. The zero-order chi connectivity index (χ0) is 13.0. The molecule has 0 saturated carbocycles. The first-order chi connectivity index (χ1) is 8.69. The summed E-state index contributed by atoms with van der Waals surface area (Å²) in [5.74, 6) is 1.40. The van der Waals surface area contributed by atoms with Crippen molar-refractivity contribution in [1.29, 1.82) is 0 Å². The number of hydrogen-bond acceptors (Lipinski definition) is 5. The number of benzene rings is 1. The van der Waals surface area contributed by atoms with Crippen molar-refractivity contribution in [3.05, 3.63) is 40.6 Å². The number of nitrogens with zero attached hydrogens (tertiary/aromatic N) is 2. The van der Waals surface area contributed by atoms with Crippen LogP contribution in [-0.4, -0.2) is 17.1 Å². The van der Waals surface area contributed by atoms with Crippen molar-refractivity contribution in [2.24, 2.45) is 0 Å². The van der Waals surface area contributed by atoms with Gasteiger partial charge in [0.1, 0.15) is 17.0 Å². The molecule has 1 aromatic heterocycles. The lowest BCUT2D eigenvalue weighted by molar-refractivity contribution is 0.294. The normalized spacial score (nSPS) is 10.1. The second-order valence-electron chi connectivity index (χ2n) is 3.52. The van der Waals surface area contributed by atoms with Crippen LogP contribution in [0.15, 0.2) is 35.1 Å². The molecule has 5 nitrogen and oxygen atoms in total. The van der Waals surface area contributed by atoms with E-state index in [-0.39, 0.29) is 5.82 Å². The molecule has 18 heavy (non-hydrogen) atoms. The highest BCUT2D eigenvalue weighted by Crippen LogP contribution is 2.20. The van der Waals surface area contributed by atoms with E-state index in [9.17, 15) is 0 Å². The largest absolute Gasteiger partial charge is 0.497 e. The molecule has 0 spiro atoms. The second-order valence-corrected chi connectivity index (χ2v) is 4.33. The molecule has 0 amide bonds. The molecule has 2 rings (SSSR count). The van der Waals surface area contributed by atoms with E-state index < -0.39 is 0 Å². The number of aromatic nitrogens is 2. The average Bonchev–Trinajstić information content (AvgIpc) is 2.40. The molecule has 6 heteroatoms. The van der Waals surface area contributed by atoms with E-state index in [0.717, 1.165) is 11.3 Å². The minimum atomic E-state index is 0.270. The van der Waals surface area contributed by atoms with Crippen molar-refractivity contribution in [3.63, 3.8) is 0 Å². The highest BCUT2D eigenvalue weighted by atomic mass is 79.9. The summed E-state index contributed by atoms with van der Waals surface area (Å²) >= 11 is 3.22. The Labute approximate surface area is 113 Å². The van der Waals surface area contributed by atoms with E-state index in [2.05, 4.69) is 25.9 Å². The molecule has 0 fully saturated rings. The van der Waals surface area contributed by atoms with Crippen molar-refractivity contribution in [2.45, 2.75) is 6.61 Å². The molecule has 0 atom stereocenters. The monoisotopic (exact) mass is 309 g/mol. The van der Waals surface area contributed by atoms with Gasteiger partial charge in [0.25, 0.3) is 5.88 Å². The van der Waals surface area contributed by atoms with Crippen LogP contribution in [0.2, 0.25) is 0 Å². The third-order valence-electron chi connectivity index (χ3n) is 2.27. The Kier molecular flexibility index (Phi) is 3.99. The quantitative estimate of drug-likeness (QED) is 0.939. The van der Waals surface area contributed by atoms with Crippen molar-refractivity contribution in [1.82, 2.24) is 9.97 Å². The third kappa shape index (κ3) is 3.10. The first kappa shape index (κ1) is 12.6. The van der Waals surface area contributed by atoms with E-state index in [1.54, 1.807) is 7.11 Å². The second kappa shape index (κ2) is 5.68. The van der Waals surface area contributed by atoms with Crippen LogP contribution in [0.4, 0.5) is 5.82 Å². The van der Waals surface area contributed by atoms with E-state index in [0.29, 0.717) is 17.1 Å². The summed E-state index contributed by atoms with van der Waals surface area (Å²) in [7, 11) is 1.63. The number of halogens is 1. The summed E-state index contributed by atoms with van der Waals surface area (Å²) in [4.78, 5) is 8.05. The van der Waals surface area contributed by atoms with E-state index in [1.165, 1.54) is 6.20 Å². The van der Waals surface area contributed by atoms with Gasteiger partial charge >= 0.3 is 0 Å². The molecular formula is C12H12BrN3O2. The molecule has 1 aromatic carbocycles. The standard InChI is InChI=1S/C12H12BrN3O2/c1-17-9-4-2-8(3-5-9)7-18-12-11(14)15-6-10(13)16-12/h2-6H,7H2,1H3,(H2,14,15). The number of rotatable bonds is 4. The topological polar surface area (TPSA) is 70.3 Å². The van der Waals surface area contributed by atoms with Gasteiger partial charge in [0.15, 0.2) is 5.82 Å². The molecule has 2 N–H and O–H groups in total. The van der Waals surface area contributed by atoms with Gasteiger partial charge in [-0.2, -0.15) is 0 Å². The maximum absolute atomic E-state index is 5.66. The summed E-state index contributed by atoms with van der Waals surface area (Å²) in [5.41, 5.74) is 6.66. The Bertz CT molecular complexity index is 531. The number of hydrogen-bond donors (Lipinski definition) is 1. The van der Waals surface area contributed by atoms with Gasteiger partial charge in [-0.25, -0.2) is 9.97 Å². The van der Waals surface area contributed by atoms with Gasteiger partial charge in [-0.1, -0.05) is 12.1 Å². The fourth-order valence-corrected chi connectivity index (χ4v) is 1.60. The Hall–Kier alpha value is -1.82. The maximum Gasteiger partial charge on any atom is 0.258 e. The smallest absolute Gasteiger partial charge is 0.258 e. The van der Waals surface area contributed by atoms with Crippen LogP contribution in [0.5, 0.6) is 11.6 Å². The van der Waals surface area contributed by atoms with Crippen LogP contribution in [0.25, 0.3) is 0 Å². The van der Waals surface area contributed by atoms with Gasteiger partial charge in [-0.15, -0.1) is 0 Å². The van der Waals surface area contributed by atoms with Crippen LogP contribution in [0, 0.1) is 0 Å². The lowest BCUT2D eigenvalue weighted by Gasteiger charge is -2.07. The number of methoxy groups -OCH3 is 1. The van der Waals surface area contributed by atoms with Crippen LogP contribution >= 0.6 is 15.9 Å².